The highest BCUT2D eigenvalue weighted by Crippen LogP contribution is 2.26. The Bertz CT molecular complexity index is 1070. The van der Waals surface area contributed by atoms with Crippen molar-refractivity contribution < 1.29 is 15.0 Å². The lowest BCUT2D eigenvalue weighted by molar-refractivity contribution is 0.0697. The molecule has 0 aliphatic carbocycles. The van der Waals surface area contributed by atoms with Gasteiger partial charge in [-0.05, 0) is 73.5 Å². The number of carboxylic acids is 1. The van der Waals surface area contributed by atoms with Crippen molar-refractivity contribution >= 4 is 17.6 Å². The second kappa shape index (κ2) is 7.22. The van der Waals surface area contributed by atoms with E-state index in [9.17, 15) is 15.2 Å². The third-order valence-corrected chi connectivity index (χ3v) is 4.44. The minimum atomic E-state index is -0.999. The molecule has 3 rings (SSSR count). The molecule has 2 N–H and O–H groups in total. The summed E-state index contributed by atoms with van der Waals surface area (Å²) in [7, 11) is 0. The Labute approximate surface area is 157 Å². The lowest BCUT2D eigenvalue weighted by Crippen LogP contribution is -1.98. The van der Waals surface area contributed by atoms with Crippen molar-refractivity contribution in [1.82, 2.24) is 4.57 Å². The summed E-state index contributed by atoms with van der Waals surface area (Å²) in [5.41, 5.74) is 5.10. The van der Waals surface area contributed by atoms with Gasteiger partial charge in [-0.15, -0.1) is 0 Å². The summed E-state index contributed by atoms with van der Waals surface area (Å²) >= 11 is 0. The third-order valence-electron chi connectivity index (χ3n) is 4.44. The van der Waals surface area contributed by atoms with Crippen LogP contribution in [0.4, 0.5) is 0 Å². The van der Waals surface area contributed by atoms with Gasteiger partial charge in [0.05, 0.1) is 17.2 Å². The minimum absolute atomic E-state index is 0.182. The van der Waals surface area contributed by atoms with E-state index in [1.54, 1.807) is 30.3 Å². The average molecular weight is 358 g/mol. The molecule has 1 aromatic heterocycles. The van der Waals surface area contributed by atoms with Crippen molar-refractivity contribution in [3.63, 3.8) is 0 Å². The standard InChI is InChI=1S/C22H18N2O3/c1-14-11-18(15(2)24(14)20-7-9-21(25)10-8-20)12-19(13-23)16-3-5-17(6-4-16)22(26)27/h3-12,25H,1-2H3,(H,26,27)/b19-12-. The average Bonchev–Trinajstić information content (AvgIpc) is 2.94. The Morgan fingerprint density at radius 2 is 1.63 bits per heavy atom. The predicted octanol–water partition coefficient (Wildman–Crippen LogP) is 4.56. The number of phenols is 1. The molecule has 27 heavy (non-hydrogen) atoms. The molecule has 5 heteroatoms. The van der Waals surface area contributed by atoms with Crippen LogP contribution >= 0.6 is 0 Å². The number of carbonyl (C=O) groups is 1. The van der Waals surface area contributed by atoms with Crippen molar-refractivity contribution in [3.05, 3.63) is 82.7 Å². The van der Waals surface area contributed by atoms with Crippen molar-refractivity contribution in [2.45, 2.75) is 13.8 Å². The van der Waals surface area contributed by atoms with Crippen molar-refractivity contribution in [2.24, 2.45) is 0 Å². The predicted molar refractivity (Wildman–Crippen MR) is 104 cm³/mol. The quantitative estimate of drug-likeness (QED) is 0.669. The topological polar surface area (TPSA) is 86.3 Å². The fourth-order valence-corrected chi connectivity index (χ4v) is 3.06. The van der Waals surface area contributed by atoms with Gasteiger partial charge in [-0.2, -0.15) is 5.26 Å². The molecule has 0 bridgehead atoms. The van der Waals surface area contributed by atoms with Gasteiger partial charge in [-0.3, -0.25) is 0 Å². The molecular weight excluding hydrogens is 340 g/mol. The van der Waals surface area contributed by atoms with E-state index in [-0.39, 0.29) is 11.3 Å². The number of aromatic hydroxyl groups is 1. The highest BCUT2D eigenvalue weighted by molar-refractivity contribution is 5.92. The lowest BCUT2D eigenvalue weighted by atomic mass is 10.0. The Morgan fingerprint density at radius 3 is 2.19 bits per heavy atom. The Hall–Kier alpha value is -3.78. The molecule has 0 saturated carbocycles. The third kappa shape index (κ3) is 3.60. The number of allylic oxidation sites excluding steroid dienone is 1. The molecule has 1 heterocycles. The highest BCUT2D eigenvalue weighted by Gasteiger charge is 2.11. The van der Waals surface area contributed by atoms with Crippen LogP contribution in [0.3, 0.4) is 0 Å². The molecule has 0 amide bonds. The number of aromatic nitrogens is 1. The van der Waals surface area contributed by atoms with E-state index in [0.717, 1.165) is 22.6 Å². The van der Waals surface area contributed by atoms with Crippen LogP contribution in [0.25, 0.3) is 17.3 Å². The molecule has 3 aromatic rings. The van der Waals surface area contributed by atoms with E-state index in [1.807, 2.05) is 36.6 Å². The van der Waals surface area contributed by atoms with Gasteiger partial charge in [-0.25, -0.2) is 4.79 Å². The number of hydrogen-bond donors (Lipinski definition) is 2. The highest BCUT2D eigenvalue weighted by atomic mass is 16.4. The monoisotopic (exact) mass is 358 g/mol. The van der Waals surface area contributed by atoms with Crippen LogP contribution in [-0.4, -0.2) is 20.7 Å². The van der Waals surface area contributed by atoms with E-state index in [1.165, 1.54) is 12.1 Å². The molecule has 0 unspecified atom stereocenters. The smallest absolute Gasteiger partial charge is 0.335 e. The van der Waals surface area contributed by atoms with Gasteiger partial charge in [0.15, 0.2) is 0 Å². The number of nitriles is 1. The maximum absolute atomic E-state index is 11.0. The van der Waals surface area contributed by atoms with Crippen LogP contribution in [0.2, 0.25) is 0 Å². The Kier molecular flexibility index (Phi) is 4.82. The van der Waals surface area contributed by atoms with E-state index in [4.69, 9.17) is 5.11 Å². The number of carboxylic acid groups (broad SMARTS) is 1. The van der Waals surface area contributed by atoms with E-state index in [2.05, 4.69) is 6.07 Å². The molecule has 0 radical (unpaired) electrons. The first-order valence-corrected chi connectivity index (χ1v) is 8.34. The molecule has 0 fully saturated rings. The first-order chi connectivity index (χ1) is 12.9. The van der Waals surface area contributed by atoms with Crippen LogP contribution in [-0.2, 0) is 0 Å². The molecule has 0 spiro atoms. The molecule has 0 saturated heterocycles. The SMILES string of the molecule is Cc1cc(/C=C(/C#N)c2ccc(C(=O)O)cc2)c(C)n1-c1ccc(O)cc1. The lowest BCUT2D eigenvalue weighted by Gasteiger charge is -2.09. The van der Waals surface area contributed by atoms with Gasteiger partial charge in [0.25, 0.3) is 0 Å². The summed E-state index contributed by atoms with van der Waals surface area (Å²) in [5.74, 6) is -0.792. The van der Waals surface area contributed by atoms with E-state index >= 15 is 0 Å². The Balaban J connectivity index is 2.03. The molecule has 0 aliphatic heterocycles. The van der Waals surface area contributed by atoms with Gasteiger partial charge >= 0.3 is 5.97 Å². The molecular formula is C22H18N2O3. The van der Waals surface area contributed by atoms with Crippen molar-refractivity contribution in [2.75, 3.05) is 0 Å². The number of aryl methyl sites for hydroxylation is 1. The van der Waals surface area contributed by atoms with Crippen LogP contribution < -0.4 is 0 Å². The molecule has 5 nitrogen and oxygen atoms in total. The summed E-state index contributed by atoms with van der Waals surface area (Å²) in [6.45, 7) is 3.94. The maximum atomic E-state index is 11.0. The van der Waals surface area contributed by atoms with Crippen LogP contribution in [0.15, 0.2) is 54.6 Å². The van der Waals surface area contributed by atoms with Crippen LogP contribution in [0.5, 0.6) is 5.75 Å². The number of nitrogens with zero attached hydrogens (tertiary/aromatic N) is 2. The van der Waals surface area contributed by atoms with Gasteiger partial charge in [0.1, 0.15) is 5.75 Å². The number of aromatic carboxylic acids is 1. The summed E-state index contributed by atoms with van der Waals surface area (Å²) < 4.78 is 2.05. The number of benzene rings is 2. The maximum Gasteiger partial charge on any atom is 0.335 e. The fraction of sp³-hybridized carbons (Fsp3) is 0.0909. The van der Waals surface area contributed by atoms with Crippen LogP contribution in [0.1, 0.15) is 32.9 Å². The molecule has 134 valence electrons. The summed E-state index contributed by atoms with van der Waals surface area (Å²) in [4.78, 5) is 11.0. The molecule has 0 atom stereocenters. The largest absolute Gasteiger partial charge is 0.508 e. The number of rotatable bonds is 4. The fourth-order valence-electron chi connectivity index (χ4n) is 3.06. The zero-order chi connectivity index (χ0) is 19.6. The summed E-state index contributed by atoms with van der Waals surface area (Å²) in [5, 5.41) is 28.1. The van der Waals surface area contributed by atoms with Gasteiger partial charge < -0.3 is 14.8 Å². The Morgan fingerprint density at radius 1 is 1.04 bits per heavy atom. The van der Waals surface area contributed by atoms with E-state index in [0.29, 0.717) is 11.1 Å². The van der Waals surface area contributed by atoms with Crippen LogP contribution in [0, 0.1) is 25.2 Å². The van der Waals surface area contributed by atoms with Gasteiger partial charge in [0.2, 0.25) is 0 Å². The number of phenolic OH excluding ortho intramolecular Hbond substituents is 1. The molecule has 0 aliphatic rings. The second-order valence-corrected chi connectivity index (χ2v) is 6.23. The minimum Gasteiger partial charge on any atom is -0.508 e. The summed E-state index contributed by atoms with van der Waals surface area (Å²) in [6, 6.07) is 17.4. The first-order valence-electron chi connectivity index (χ1n) is 8.34. The van der Waals surface area contributed by atoms with Gasteiger partial charge in [0, 0.05) is 17.1 Å². The van der Waals surface area contributed by atoms with E-state index < -0.39 is 5.97 Å². The van der Waals surface area contributed by atoms with Gasteiger partial charge in [-0.1, -0.05) is 12.1 Å². The van der Waals surface area contributed by atoms with Crippen molar-refractivity contribution in [3.8, 4) is 17.5 Å². The molecule has 2 aromatic carbocycles. The zero-order valence-corrected chi connectivity index (χ0v) is 15.0. The normalized spacial score (nSPS) is 11.2. The zero-order valence-electron chi connectivity index (χ0n) is 15.0. The summed E-state index contributed by atoms with van der Waals surface area (Å²) in [6.07, 6.45) is 1.80. The van der Waals surface area contributed by atoms with Crippen molar-refractivity contribution in [1.29, 1.82) is 5.26 Å². The number of hydrogen-bond acceptors (Lipinski definition) is 3. The first kappa shape index (κ1) is 18.0. The second-order valence-electron chi connectivity index (χ2n) is 6.23.